The van der Waals surface area contributed by atoms with E-state index in [0.29, 0.717) is 36.8 Å². The molecule has 1 fully saturated rings. The molecule has 2 amide bonds. The van der Waals surface area contributed by atoms with Gasteiger partial charge in [-0.15, -0.1) is 0 Å². The minimum absolute atomic E-state index is 0.0555. The highest BCUT2D eigenvalue weighted by molar-refractivity contribution is 6.32. The molecule has 1 aliphatic heterocycles. The predicted molar refractivity (Wildman–Crippen MR) is 147 cm³/mol. The van der Waals surface area contributed by atoms with Crippen LogP contribution < -0.4 is 9.64 Å². The van der Waals surface area contributed by atoms with Crippen molar-refractivity contribution in [3.05, 3.63) is 52.7 Å². The molecule has 12 heteroatoms. The minimum atomic E-state index is -5.23. The third kappa shape index (κ3) is 6.80. The summed E-state index contributed by atoms with van der Waals surface area (Å²) in [6, 6.07) is 8.26. The Kier molecular flexibility index (Phi) is 9.94. The standard InChI is InChI=1S/C28H36ClF3N4O4/c1-18(17-35(4)26(38)27(39,28(30,31)32)20-7-6-8-21(16-20)40-5)15-19-11-13-36(14-12-19)23-10-9-22(24(29)33-23)25(37)34(2)3/h6-10,16,18-19,39H,11-15,17H2,1-5H3. The third-order valence-electron chi connectivity index (χ3n) is 7.28. The average molecular weight is 585 g/mol. The van der Waals surface area contributed by atoms with E-state index >= 15 is 0 Å². The maximum Gasteiger partial charge on any atom is 0.430 e. The molecule has 1 aromatic carbocycles. The lowest BCUT2D eigenvalue weighted by Crippen LogP contribution is -2.55. The number of pyridine rings is 1. The van der Waals surface area contributed by atoms with Crippen molar-refractivity contribution < 1.29 is 32.6 Å². The van der Waals surface area contributed by atoms with Gasteiger partial charge in [-0.3, -0.25) is 9.59 Å². The zero-order chi connectivity index (χ0) is 29.8. The van der Waals surface area contributed by atoms with E-state index < -0.39 is 23.2 Å². The largest absolute Gasteiger partial charge is 0.497 e. The van der Waals surface area contributed by atoms with Gasteiger partial charge in [0, 0.05) is 46.3 Å². The average Bonchev–Trinajstić information content (AvgIpc) is 2.91. The van der Waals surface area contributed by atoms with Crippen LogP contribution in [0.2, 0.25) is 5.15 Å². The quantitative estimate of drug-likeness (QED) is 0.434. The van der Waals surface area contributed by atoms with Crippen molar-refractivity contribution in [2.75, 3.05) is 52.8 Å². The first kappa shape index (κ1) is 31.5. The van der Waals surface area contributed by atoms with Gasteiger partial charge in [0.1, 0.15) is 16.7 Å². The van der Waals surface area contributed by atoms with E-state index in [1.54, 1.807) is 26.2 Å². The van der Waals surface area contributed by atoms with Crippen LogP contribution in [-0.4, -0.2) is 85.8 Å². The van der Waals surface area contributed by atoms with Crippen LogP contribution in [0.3, 0.4) is 0 Å². The Bertz CT molecular complexity index is 1200. The summed E-state index contributed by atoms with van der Waals surface area (Å²) in [6.45, 7) is 3.36. The zero-order valence-electron chi connectivity index (χ0n) is 23.3. The van der Waals surface area contributed by atoms with E-state index in [0.717, 1.165) is 29.9 Å². The van der Waals surface area contributed by atoms with Gasteiger partial charge in [0.05, 0.1) is 12.7 Å². The molecule has 40 heavy (non-hydrogen) atoms. The number of carbonyl (C=O) groups excluding carboxylic acids is 2. The van der Waals surface area contributed by atoms with Gasteiger partial charge in [-0.1, -0.05) is 30.7 Å². The number of likely N-dealkylation sites (N-methyl/N-ethyl adjacent to an activating group) is 1. The number of halogens is 4. The fourth-order valence-electron chi connectivity index (χ4n) is 5.13. The molecule has 1 saturated heterocycles. The molecule has 0 radical (unpaired) electrons. The molecular formula is C28H36ClF3N4O4. The lowest BCUT2D eigenvalue weighted by Gasteiger charge is -2.36. The second-order valence-electron chi connectivity index (χ2n) is 10.6. The van der Waals surface area contributed by atoms with Gasteiger partial charge >= 0.3 is 6.18 Å². The van der Waals surface area contributed by atoms with Crippen molar-refractivity contribution in [2.24, 2.45) is 11.8 Å². The Morgan fingerprint density at radius 2 is 1.82 bits per heavy atom. The van der Waals surface area contributed by atoms with Crippen molar-refractivity contribution in [3.8, 4) is 5.75 Å². The van der Waals surface area contributed by atoms with E-state index in [-0.39, 0.29) is 29.3 Å². The van der Waals surface area contributed by atoms with Crippen LogP contribution in [0.25, 0.3) is 0 Å². The summed E-state index contributed by atoms with van der Waals surface area (Å²) in [5.41, 5.74) is -3.95. The summed E-state index contributed by atoms with van der Waals surface area (Å²) in [6.07, 6.45) is -2.86. The van der Waals surface area contributed by atoms with Crippen LogP contribution >= 0.6 is 11.6 Å². The topological polar surface area (TPSA) is 86.2 Å². The number of piperidine rings is 1. The van der Waals surface area contributed by atoms with Crippen LogP contribution in [0.4, 0.5) is 19.0 Å². The number of benzene rings is 1. The van der Waals surface area contributed by atoms with Crippen molar-refractivity contribution >= 4 is 29.2 Å². The molecular weight excluding hydrogens is 549 g/mol. The van der Waals surface area contributed by atoms with Crippen LogP contribution in [0.1, 0.15) is 42.1 Å². The molecule has 0 bridgehead atoms. The van der Waals surface area contributed by atoms with Gasteiger partial charge in [0.2, 0.25) is 0 Å². The number of amides is 2. The SMILES string of the molecule is COc1cccc(C(O)(C(=O)N(C)CC(C)CC2CCN(c3ccc(C(=O)N(C)C)c(Cl)n3)CC2)C(F)(F)F)c1. The summed E-state index contributed by atoms with van der Waals surface area (Å²) in [5, 5.41) is 10.9. The monoisotopic (exact) mass is 584 g/mol. The summed E-state index contributed by atoms with van der Waals surface area (Å²) >= 11 is 6.26. The molecule has 2 atom stereocenters. The summed E-state index contributed by atoms with van der Waals surface area (Å²) in [7, 11) is 5.85. The number of methoxy groups -OCH3 is 1. The molecule has 0 saturated carbocycles. The predicted octanol–water partition coefficient (Wildman–Crippen LogP) is 4.60. The third-order valence-corrected chi connectivity index (χ3v) is 7.57. The van der Waals surface area contributed by atoms with Crippen molar-refractivity contribution in [3.63, 3.8) is 0 Å². The number of hydrogen-bond donors (Lipinski definition) is 1. The van der Waals surface area contributed by atoms with Gasteiger partial charge in [-0.2, -0.15) is 13.2 Å². The Hall–Kier alpha value is -3.05. The molecule has 2 heterocycles. The lowest BCUT2D eigenvalue weighted by molar-refractivity contribution is -0.261. The Morgan fingerprint density at radius 3 is 2.38 bits per heavy atom. The molecule has 0 aliphatic carbocycles. The van der Waals surface area contributed by atoms with E-state index in [1.165, 1.54) is 31.2 Å². The van der Waals surface area contributed by atoms with Crippen molar-refractivity contribution in [1.82, 2.24) is 14.8 Å². The maximum atomic E-state index is 14.1. The van der Waals surface area contributed by atoms with E-state index in [2.05, 4.69) is 9.88 Å². The first-order valence-electron chi connectivity index (χ1n) is 13.0. The van der Waals surface area contributed by atoms with E-state index in [4.69, 9.17) is 16.3 Å². The normalized spacial score (nSPS) is 16.7. The number of nitrogens with zero attached hydrogens (tertiary/aromatic N) is 4. The zero-order valence-corrected chi connectivity index (χ0v) is 24.1. The number of alkyl halides is 3. The molecule has 2 unspecified atom stereocenters. The van der Waals surface area contributed by atoms with Gasteiger partial charge in [0.25, 0.3) is 17.4 Å². The highest BCUT2D eigenvalue weighted by Crippen LogP contribution is 2.41. The summed E-state index contributed by atoms with van der Waals surface area (Å²) in [4.78, 5) is 34.1. The Morgan fingerprint density at radius 1 is 1.18 bits per heavy atom. The molecule has 1 N–H and O–H groups in total. The molecule has 2 aromatic rings. The Labute approximate surface area is 237 Å². The van der Waals surface area contributed by atoms with Crippen LogP contribution in [0, 0.1) is 11.8 Å². The first-order valence-corrected chi connectivity index (χ1v) is 13.4. The molecule has 220 valence electrons. The van der Waals surface area contributed by atoms with Crippen LogP contribution in [-0.2, 0) is 10.4 Å². The van der Waals surface area contributed by atoms with E-state index in [9.17, 15) is 27.9 Å². The van der Waals surface area contributed by atoms with Crippen LogP contribution in [0.15, 0.2) is 36.4 Å². The smallest absolute Gasteiger partial charge is 0.430 e. The fourth-order valence-corrected chi connectivity index (χ4v) is 5.36. The number of rotatable bonds is 9. The van der Waals surface area contributed by atoms with Crippen molar-refractivity contribution in [2.45, 2.75) is 38.0 Å². The number of hydrogen-bond acceptors (Lipinski definition) is 6. The molecule has 1 aliphatic rings. The number of anilines is 1. The molecule has 8 nitrogen and oxygen atoms in total. The summed E-state index contributed by atoms with van der Waals surface area (Å²) < 4.78 is 47.2. The number of ether oxygens (including phenoxy) is 1. The molecule has 3 rings (SSSR count). The van der Waals surface area contributed by atoms with Gasteiger partial charge in [-0.05, 0) is 55.4 Å². The maximum absolute atomic E-state index is 14.1. The van der Waals surface area contributed by atoms with E-state index in [1.807, 2.05) is 6.92 Å². The lowest BCUT2D eigenvalue weighted by atomic mass is 9.87. The van der Waals surface area contributed by atoms with Crippen molar-refractivity contribution in [1.29, 1.82) is 0 Å². The van der Waals surface area contributed by atoms with Crippen LogP contribution in [0.5, 0.6) is 5.75 Å². The van der Waals surface area contributed by atoms with Gasteiger partial charge < -0.3 is 24.5 Å². The second-order valence-corrected chi connectivity index (χ2v) is 11.0. The van der Waals surface area contributed by atoms with Gasteiger partial charge in [0.15, 0.2) is 0 Å². The fraction of sp³-hybridized carbons (Fsp3) is 0.536. The van der Waals surface area contributed by atoms with Gasteiger partial charge in [-0.25, -0.2) is 4.98 Å². The Balaban J connectivity index is 1.60. The number of aliphatic hydroxyl groups is 1. The second kappa shape index (κ2) is 12.6. The highest BCUT2D eigenvalue weighted by Gasteiger charge is 2.61. The molecule has 0 spiro atoms. The number of carbonyl (C=O) groups is 2. The first-order chi connectivity index (χ1) is 18.7. The molecule has 1 aromatic heterocycles. The minimum Gasteiger partial charge on any atom is -0.497 e. The number of aromatic nitrogens is 1. The summed E-state index contributed by atoms with van der Waals surface area (Å²) in [5.74, 6) is -0.671. The highest BCUT2D eigenvalue weighted by atomic mass is 35.5.